The summed E-state index contributed by atoms with van der Waals surface area (Å²) in [5.41, 5.74) is 3.66. The van der Waals surface area contributed by atoms with E-state index in [0.29, 0.717) is 11.7 Å². The summed E-state index contributed by atoms with van der Waals surface area (Å²) in [6.45, 7) is 0. The molecular formula is C23H20N4O. The molecule has 0 saturated carbocycles. The summed E-state index contributed by atoms with van der Waals surface area (Å²) in [4.78, 5) is 8.87. The first kappa shape index (κ1) is 17.8. The summed E-state index contributed by atoms with van der Waals surface area (Å²) in [5, 5.41) is 22.2. The molecule has 0 amide bonds. The molecule has 3 N–H and O–H groups in total. The van der Waals surface area contributed by atoms with E-state index < -0.39 is 12.0 Å². The Morgan fingerprint density at radius 1 is 0.929 bits per heavy atom. The van der Waals surface area contributed by atoms with Crippen molar-refractivity contribution in [3.05, 3.63) is 102 Å². The van der Waals surface area contributed by atoms with Crippen molar-refractivity contribution in [1.29, 1.82) is 5.41 Å². The molecule has 0 spiro atoms. The second kappa shape index (κ2) is 7.98. The Balaban J connectivity index is 1.60. The van der Waals surface area contributed by atoms with Crippen LogP contribution in [0.2, 0.25) is 0 Å². The lowest BCUT2D eigenvalue weighted by Crippen LogP contribution is -2.21. The smallest absolute Gasteiger partial charge is 0.227 e. The van der Waals surface area contributed by atoms with E-state index in [1.54, 1.807) is 12.3 Å². The lowest BCUT2D eigenvalue weighted by Gasteiger charge is -2.23. The number of aromatic nitrogens is 2. The van der Waals surface area contributed by atoms with Gasteiger partial charge in [-0.3, -0.25) is 0 Å². The number of para-hydroxylation sites is 1. The highest BCUT2D eigenvalue weighted by atomic mass is 16.3. The third-order valence-electron chi connectivity index (χ3n) is 4.62. The highest BCUT2D eigenvalue weighted by molar-refractivity contribution is 6.01. The van der Waals surface area contributed by atoms with Crippen molar-refractivity contribution < 1.29 is 5.11 Å². The van der Waals surface area contributed by atoms with Crippen molar-refractivity contribution in [1.82, 2.24) is 9.97 Å². The quantitative estimate of drug-likeness (QED) is 0.617. The van der Waals surface area contributed by atoms with E-state index in [0.717, 1.165) is 22.5 Å². The lowest BCUT2D eigenvalue weighted by atomic mass is 9.85. The Morgan fingerprint density at radius 2 is 1.64 bits per heavy atom. The van der Waals surface area contributed by atoms with E-state index >= 15 is 0 Å². The van der Waals surface area contributed by atoms with Crippen LogP contribution in [0.3, 0.4) is 0 Å². The average molecular weight is 368 g/mol. The highest BCUT2D eigenvalue weighted by Crippen LogP contribution is 2.31. The van der Waals surface area contributed by atoms with Crippen molar-refractivity contribution in [3.8, 4) is 0 Å². The molecule has 5 nitrogen and oxygen atoms in total. The summed E-state index contributed by atoms with van der Waals surface area (Å²) in [6.07, 6.45) is 6.39. The molecule has 5 heteroatoms. The number of anilines is 2. The fourth-order valence-corrected chi connectivity index (χ4v) is 3.15. The minimum absolute atomic E-state index is 0.372. The van der Waals surface area contributed by atoms with Gasteiger partial charge in [-0.05, 0) is 35.4 Å². The van der Waals surface area contributed by atoms with E-state index in [2.05, 4.69) is 15.3 Å². The standard InChI is InChI=1S/C23H20N4O/c24-20-12-11-17(15-19(20)22(28)16-7-3-1-4-8-16)21-13-14-25-23(27-21)26-18-9-5-2-6-10-18/h1-15,19,22,24,28H,(H,25,26,27)/t19?,22-/m0/s1. The predicted octanol–water partition coefficient (Wildman–Crippen LogP) is 4.54. The average Bonchev–Trinajstić information content (AvgIpc) is 2.75. The number of hydrogen-bond acceptors (Lipinski definition) is 5. The van der Waals surface area contributed by atoms with Crippen LogP contribution in [0.4, 0.5) is 11.6 Å². The zero-order valence-electron chi connectivity index (χ0n) is 15.2. The molecule has 3 aromatic rings. The molecule has 1 unspecified atom stereocenters. The van der Waals surface area contributed by atoms with Crippen molar-refractivity contribution in [2.24, 2.45) is 5.92 Å². The molecule has 1 aliphatic rings. The maximum Gasteiger partial charge on any atom is 0.227 e. The van der Waals surface area contributed by atoms with Gasteiger partial charge in [0.2, 0.25) is 5.95 Å². The summed E-state index contributed by atoms with van der Waals surface area (Å²) < 4.78 is 0. The maximum absolute atomic E-state index is 10.8. The molecule has 2 aromatic carbocycles. The molecule has 1 heterocycles. The third-order valence-corrected chi connectivity index (χ3v) is 4.62. The fraction of sp³-hybridized carbons (Fsp3) is 0.0870. The zero-order valence-corrected chi connectivity index (χ0v) is 15.2. The molecule has 1 aromatic heterocycles. The topological polar surface area (TPSA) is 81.9 Å². The van der Waals surface area contributed by atoms with Crippen molar-refractivity contribution in [3.63, 3.8) is 0 Å². The van der Waals surface area contributed by atoms with Gasteiger partial charge in [0, 0.05) is 23.5 Å². The van der Waals surface area contributed by atoms with Crippen LogP contribution in [0, 0.1) is 11.3 Å². The number of hydrogen-bond donors (Lipinski definition) is 3. The molecule has 0 fully saturated rings. The van der Waals surface area contributed by atoms with Gasteiger partial charge in [0.15, 0.2) is 0 Å². The molecule has 0 saturated heterocycles. The highest BCUT2D eigenvalue weighted by Gasteiger charge is 2.25. The molecular weight excluding hydrogens is 348 g/mol. The Hall–Kier alpha value is -3.57. The number of aliphatic hydroxyl groups is 1. The third kappa shape index (κ3) is 3.89. The van der Waals surface area contributed by atoms with Gasteiger partial charge in [0.25, 0.3) is 0 Å². The van der Waals surface area contributed by atoms with E-state index in [9.17, 15) is 5.11 Å². The van der Waals surface area contributed by atoms with Gasteiger partial charge >= 0.3 is 0 Å². The van der Waals surface area contributed by atoms with Gasteiger partial charge in [0.05, 0.1) is 11.8 Å². The van der Waals surface area contributed by atoms with Crippen molar-refractivity contribution >= 4 is 22.9 Å². The number of nitrogens with zero attached hydrogens (tertiary/aromatic N) is 2. The molecule has 0 radical (unpaired) electrons. The minimum atomic E-state index is -0.780. The molecule has 2 atom stereocenters. The van der Waals surface area contributed by atoms with Gasteiger partial charge < -0.3 is 15.8 Å². The van der Waals surface area contributed by atoms with Crippen LogP contribution >= 0.6 is 0 Å². The Morgan fingerprint density at radius 3 is 2.39 bits per heavy atom. The first-order valence-electron chi connectivity index (χ1n) is 9.07. The molecule has 138 valence electrons. The largest absolute Gasteiger partial charge is 0.387 e. The number of nitrogens with one attached hydrogen (secondary N) is 2. The predicted molar refractivity (Wildman–Crippen MR) is 111 cm³/mol. The summed E-state index contributed by atoms with van der Waals surface area (Å²) in [7, 11) is 0. The van der Waals surface area contributed by atoms with E-state index in [4.69, 9.17) is 5.41 Å². The molecule has 0 bridgehead atoms. The summed E-state index contributed by atoms with van der Waals surface area (Å²) >= 11 is 0. The van der Waals surface area contributed by atoms with Crippen LogP contribution in [-0.4, -0.2) is 20.8 Å². The second-order valence-electron chi connectivity index (χ2n) is 6.55. The number of aliphatic hydroxyl groups excluding tert-OH is 1. The number of rotatable bonds is 5. The van der Waals surface area contributed by atoms with E-state index in [1.807, 2.05) is 78.9 Å². The zero-order chi connectivity index (χ0) is 19.3. The van der Waals surface area contributed by atoms with Gasteiger partial charge in [-0.2, -0.15) is 0 Å². The van der Waals surface area contributed by atoms with E-state index in [-0.39, 0.29) is 0 Å². The number of benzene rings is 2. The van der Waals surface area contributed by atoms with Crippen LogP contribution in [0.15, 0.2) is 91.2 Å². The van der Waals surface area contributed by atoms with Crippen molar-refractivity contribution in [2.75, 3.05) is 5.32 Å². The first-order chi connectivity index (χ1) is 13.7. The SMILES string of the molecule is N=C1C=CC(c2ccnc(Nc3ccccc3)n2)=CC1[C@@H](O)c1ccccc1. The van der Waals surface area contributed by atoms with Gasteiger partial charge in [-0.15, -0.1) is 0 Å². The van der Waals surface area contributed by atoms with Crippen LogP contribution in [0.5, 0.6) is 0 Å². The second-order valence-corrected chi connectivity index (χ2v) is 6.55. The summed E-state index contributed by atoms with van der Waals surface area (Å²) in [6, 6.07) is 21.0. The molecule has 0 aliphatic heterocycles. The Labute approximate surface area is 163 Å². The normalized spacial score (nSPS) is 17.1. The Bertz CT molecular complexity index is 1030. The lowest BCUT2D eigenvalue weighted by molar-refractivity contribution is 0.158. The Kier molecular flexibility index (Phi) is 5.08. The molecule has 1 aliphatic carbocycles. The number of allylic oxidation sites excluding steroid dienone is 3. The maximum atomic E-state index is 10.8. The van der Waals surface area contributed by atoms with Crippen LogP contribution in [0.1, 0.15) is 17.4 Å². The van der Waals surface area contributed by atoms with Crippen LogP contribution in [-0.2, 0) is 0 Å². The van der Waals surface area contributed by atoms with Gasteiger partial charge in [0.1, 0.15) is 0 Å². The first-order valence-corrected chi connectivity index (χ1v) is 9.07. The van der Waals surface area contributed by atoms with Crippen LogP contribution in [0.25, 0.3) is 5.57 Å². The molecule has 4 rings (SSSR count). The fourth-order valence-electron chi connectivity index (χ4n) is 3.15. The van der Waals surface area contributed by atoms with Gasteiger partial charge in [-0.25, -0.2) is 9.97 Å². The van der Waals surface area contributed by atoms with E-state index in [1.165, 1.54) is 0 Å². The monoisotopic (exact) mass is 368 g/mol. The summed E-state index contributed by atoms with van der Waals surface area (Å²) in [5.74, 6) is 0.0710. The minimum Gasteiger partial charge on any atom is -0.387 e. The van der Waals surface area contributed by atoms with Crippen LogP contribution < -0.4 is 5.32 Å². The van der Waals surface area contributed by atoms with Crippen molar-refractivity contribution in [2.45, 2.75) is 6.10 Å². The molecule has 28 heavy (non-hydrogen) atoms. The van der Waals surface area contributed by atoms with Gasteiger partial charge in [-0.1, -0.05) is 60.7 Å².